The fourth-order valence-electron chi connectivity index (χ4n) is 3.68. The number of hydrogen-bond acceptors (Lipinski definition) is 4. The number of ether oxygens (including phenoxy) is 1. The van der Waals surface area contributed by atoms with Crippen molar-refractivity contribution in [1.29, 1.82) is 0 Å². The van der Waals surface area contributed by atoms with E-state index >= 15 is 0 Å². The number of benzene rings is 1. The number of nitrogens with one attached hydrogen (secondary N) is 2. The molecule has 2 aliphatic rings. The second-order valence-corrected chi connectivity index (χ2v) is 7.14. The summed E-state index contributed by atoms with van der Waals surface area (Å²) in [6.45, 7) is 3.89. The smallest absolute Gasteiger partial charge is 0.309 e. The van der Waals surface area contributed by atoms with Gasteiger partial charge in [0.25, 0.3) is 0 Å². The van der Waals surface area contributed by atoms with Gasteiger partial charge in [-0.2, -0.15) is 0 Å². The number of carbonyl (C=O) groups is 2. The molecular formula is C20H29N3O3. The summed E-state index contributed by atoms with van der Waals surface area (Å²) < 4.78 is 5.87. The van der Waals surface area contributed by atoms with E-state index in [1.54, 1.807) is 0 Å². The Morgan fingerprint density at radius 3 is 2.65 bits per heavy atom. The summed E-state index contributed by atoms with van der Waals surface area (Å²) in [6, 6.07) is 10.4. The van der Waals surface area contributed by atoms with E-state index in [9.17, 15) is 9.59 Å². The van der Waals surface area contributed by atoms with Crippen LogP contribution >= 0.6 is 0 Å². The van der Waals surface area contributed by atoms with Crippen molar-refractivity contribution in [2.45, 2.75) is 44.2 Å². The first-order valence-corrected chi connectivity index (χ1v) is 9.70. The fourth-order valence-corrected chi connectivity index (χ4v) is 3.68. The summed E-state index contributed by atoms with van der Waals surface area (Å²) in [5.74, 6) is -1.01. The lowest BCUT2D eigenvalue weighted by molar-refractivity contribution is -0.139. The van der Waals surface area contributed by atoms with Gasteiger partial charge in [-0.3, -0.25) is 14.5 Å². The van der Waals surface area contributed by atoms with Gasteiger partial charge in [0.1, 0.15) is 0 Å². The lowest BCUT2D eigenvalue weighted by Crippen LogP contribution is -2.44. The topological polar surface area (TPSA) is 70.7 Å². The molecule has 0 bridgehead atoms. The highest BCUT2D eigenvalue weighted by molar-refractivity contribution is 6.35. The van der Waals surface area contributed by atoms with Gasteiger partial charge in [0, 0.05) is 32.2 Å². The summed E-state index contributed by atoms with van der Waals surface area (Å²) >= 11 is 0. The molecule has 1 aliphatic heterocycles. The van der Waals surface area contributed by atoms with Gasteiger partial charge in [-0.25, -0.2) is 0 Å². The van der Waals surface area contributed by atoms with E-state index in [0.29, 0.717) is 6.54 Å². The molecule has 0 aromatic heterocycles. The molecule has 1 saturated carbocycles. The highest BCUT2D eigenvalue weighted by atomic mass is 16.5. The third kappa shape index (κ3) is 5.54. The largest absolute Gasteiger partial charge is 0.371 e. The van der Waals surface area contributed by atoms with Crippen molar-refractivity contribution in [1.82, 2.24) is 15.5 Å². The molecule has 3 rings (SSSR count). The Labute approximate surface area is 155 Å². The van der Waals surface area contributed by atoms with Gasteiger partial charge < -0.3 is 15.4 Å². The van der Waals surface area contributed by atoms with E-state index in [-0.39, 0.29) is 12.1 Å². The minimum Gasteiger partial charge on any atom is -0.371 e. The van der Waals surface area contributed by atoms with Crippen molar-refractivity contribution < 1.29 is 14.3 Å². The van der Waals surface area contributed by atoms with Crippen LogP contribution in [0.3, 0.4) is 0 Å². The van der Waals surface area contributed by atoms with Crippen LogP contribution in [0.2, 0.25) is 0 Å². The summed E-state index contributed by atoms with van der Waals surface area (Å²) in [5.41, 5.74) is 1.20. The van der Waals surface area contributed by atoms with Crippen LogP contribution in [-0.2, 0) is 14.3 Å². The Kier molecular flexibility index (Phi) is 7.03. The van der Waals surface area contributed by atoms with Gasteiger partial charge in [-0.15, -0.1) is 0 Å². The monoisotopic (exact) mass is 359 g/mol. The number of amides is 2. The molecule has 0 spiro atoms. The molecule has 0 unspecified atom stereocenters. The first-order chi connectivity index (χ1) is 12.7. The minimum atomic E-state index is -0.513. The molecule has 2 amide bonds. The van der Waals surface area contributed by atoms with Crippen LogP contribution < -0.4 is 10.6 Å². The molecule has 1 aromatic rings. The Morgan fingerprint density at radius 1 is 1.12 bits per heavy atom. The minimum absolute atomic E-state index is 0.108. The molecule has 1 aliphatic carbocycles. The summed E-state index contributed by atoms with van der Waals surface area (Å²) in [6.07, 6.45) is 5.17. The first kappa shape index (κ1) is 18.9. The van der Waals surface area contributed by atoms with Crippen molar-refractivity contribution >= 4 is 11.8 Å². The van der Waals surface area contributed by atoms with Crippen LogP contribution in [0.4, 0.5) is 0 Å². The van der Waals surface area contributed by atoms with Crippen LogP contribution in [0.1, 0.15) is 43.8 Å². The molecule has 142 valence electrons. The van der Waals surface area contributed by atoms with Gasteiger partial charge in [0.05, 0.1) is 12.7 Å². The maximum Gasteiger partial charge on any atom is 0.309 e. The van der Waals surface area contributed by atoms with Crippen LogP contribution in [-0.4, -0.2) is 55.5 Å². The first-order valence-electron chi connectivity index (χ1n) is 9.70. The summed E-state index contributed by atoms with van der Waals surface area (Å²) in [4.78, 5) is 26.1. The second-order valence-electron chi connectivity index (χ2n) is 7.14. The molecule has 2 fully saturated rings. The van der Waals surface area contributed by atoms with E-state index in [1.165, 1.54) is 5.56 Å². The Morgan fingerprint density at radius 2 is 1.88 bits per heavy atom. The van der Waals surface area contributed by atoms with Gasteiger partial charge in [0.15, 0.2) is 0 Å². The van der Waals surface area contributed by atoms with Crippen LogP contribution in [0, 0.1) is 0 Å². The van der Waals surface area contributed by atoms with Crippen molar-refractivity contribution in [3.8, 4) is 0 Å². The number of carbonyl (C=O) groups excluding carboxylic acids is 2. The molecule has 1 aromatic carbocycles. The highest BCUT2D eigenvalue weighted by Crippen LogP contribution is 2.21. The van der Waals surface area contributed by atoms with Crippen molar-refractivity contribution in [2.75, 3.05) is 32.8 Å². The average molecular weight is 359 g/mol. The number of nitrogens with zero attached hydrogens (tertiary/aromatic N) is 1. The zero-order chi connectivity index (χ0) is 18.2. The molecule has 1 atom stereocenters. The fraction of sp³-hybridized carbons (Fsp3) is 0.600. The molecule has 1 saturated heterocycles. The molecule has 2 N–H and O–H groups in total. The van der Waals surface area contributed by atoms with E-state index in [0.717, 1.165) is 58.3 Å². The normalized spacial score (nSPS) is 21.5. The summed E-state index contributed by atoms with van der Waals surface area (Å²) in [5, 5.41) is 5.54. The number of hydrogen-bond donors (Lipinski definition) is 2. The van der Waals surface area contributed by atoms with Crippen molar-refractivity contribution in [2.24, 2.45) is 0 Å². The molecule has 0 radical (unpaired) electrons. The lowest BCUT2D eigenvalue weighted by atomic mass is 10.1. The Hall–Kier alpha value is -1.92. The highest BCUT2D eigenvalue weighted by Gasteiger charge is 2.22. The van der Waals surface area contributed by atoms with Gasteiger partial charge in [0.2, 0.25) is 0 Å². The van der Waals surface area contributed by atoms with E-state index < -0.39 is 11.8 Å². The Balaban J connectivity index is 1.32. The zero-order valence-corrected chi connectivity index (χ0v) is 15.3. The van der Waals surface area contributed by atoms with Gasteiger partial charge in [-0.1, -0.05) is 43.2 Å². The van der Waals surface area contributed by atoms with Crippen LogP contribution in [0.25, 0.3) is 0 Å². The van der Waals surface area contributed by atoms with Crippen LogP contribution in [0.15, 0.2) is 30.3 Å². The third-order valence-corrected chi connectivity index (χ3v) is 5.16. The van der Waals surface area contributed by atoms with E-state index in [2.05, 4.69) is 27.7 Å². The molecule has 6 heteroatoms. The number of morpholine rings is 1. The lowest BCUT2D eigenvalue weighted by Gasteiger charge is -2.33. The van der Waals surface area contributed by atoms with Crippen molar-refractivity contribution in [3.05, 3.63) is 35.9 Å². The van der Waals surface area contributed by atoms with Crippen LogP contribution in [0.5, 0.6) is 0 Å². The molecule has 26 heavy (non-hydrogen) atoms. The van der Waals surface area contributed by atoms with Gasteiger partial charge in [-0.05, 0) is 24.8 Å². The van der Waals surface area contributed by atoms with Gasteiger partial charge >= 0.3 is 11.8 Å². The maximum atomic E-state index is 11.9. The molecule has 6 nitrogen and oxygen atoms in total. The summed E-state index contributed by atoms with van der Waals surface area (Å²) in [7, 11) is 0. The second kappa shape index (κ2) is 9.69. The maximum absolute atomic E-state index is 11.9. The average Bonchev–Trinajstić information content (AvgIpc) is 3.19. The molecular weight excluding hydrogens is 330 g/mol. The zero-order valence-electron chi connectivity index (χ0n) is 15.3. The standard InChI is InChI=1S/C20H29N3O3/c24-19(20(25)22-17-9-4-5-10-17)21-11-6-12-23-13-14-26-18(15-23)16-7-2-1-3-8-16/h1-3,7-8,17-18H,4-6,9-15H2,(H,21,24)(H,22,25)/t18-/m0/s1. The predicted molar refractivity (Wildman–Crippen MR) is 99.6 cm³/mol. The van der Waals surface area contributed by atoms with E-state index in [1.807, 2.05) is 18.2 Å². The SMILES string of the molecule is O=C(NCCCN1CCO[C@H](c2ccccc2)C1)C(=O)NC1CCCC1. The third-order valence-electron chi connectivity index (χ3n) is 5.16. The van der Waals surface area contributed by atoms with E-state index in [4.69, 9.17) is 4.74 Å². The predicted octanol–water partition coefficient (Wildman–Crippen LogP) is 1.62. The Bertz CT molecular complexity index is 587. The quantitative estimate of drug-likeness (QED) is 0.598. The number of rotatable bonds is 6. The molecule has 1 heterocycles. The van der Waals surface area contributed by atoms with Crippen molar-refractivity contribution in [3.63, 3.8) is 0 Å².